The molecule has 7 aliphatic rings. The molecule has 7 aliphatic carbocycles. The van der Waals surface area contributed by atoms with Crippen LogP contribution >= 0.6 is 0 Å². The molecule has 0 aromatic rings. The van der Waals surface area contributed by atoms with Crippen LogP contribution in [0.1, 0.15) is 13.3 Å². The third kappa shape index (κ3) is 0.374. The molecule has 0 aromatic carbocycles. The summed E-state index contributed by atoms with van der Waals surface area (Å²) in [6, 6.07) is 0. The summed E-state index contributed by atoms with van der Waals surface area (Å²) >= 11 is 0. The maximum absolute atomic E-state index is 14.3. The highest BCUT2D eigenvalue weighted by Gasteiger charge is 3.21. The second-order valence-corrected chi connectivity index (χ2v) is 7.22. The van der Waals surface area contributed by atoms with E-state index in [9.17, 15) is 13.6 Å². The van der Waals surface area contributed by atoms with Crippen LogP contribution in [0.25, 0.3) is 0 Å². The molecule has 0 radical (unpaired) electrons. The van der Waals surface area contributed by atoms with Gasteiger partial charge in [0.25, 0.3) is 5.92 Å². The number of hydrogen-bond acceptors (Lipinski definition) is 2. The van der Waals surface area contributed by atoms with Crippen molar-refractivity contribution in [1.82, 2.24) is 0 Å². The van der Waals surface area contributed by atoms with E-state index >= 15 is 0 Å². The maximum Gasteiger partial charge on any atom is 0.302 e. The average molecular weight is 238 g/mol. The number of carbonyl (C=O) groups is 1. The van der Waals surface area contributed by atoms with E-state index in [0.717, 1.165) is 6.42 Å². The summed E-state index contributed by atoms with van der Waals surface area (Å²) in [6.45, 7) is 1.64. The maximum atomic E-state index is 14.3. The van der Waals surface area contributed by atoms with Gasteiger partial charge in [-0.15, -0.1) is 0 Å². The fourth-order valence-corrected chi connectivity index (χ4v) is 8.19. The number of hydrogen-bond donors (Lipinski definition) is 0. The van der Waals surface area contributed by atoms with Crippen molar-refractivity contribution in [3.63, 3.8) is 0 Å². The SMILES string of the molecule is CC(=O)OC[C@]12[C@@H]3[C@H]4[C@@H]5[C@@H]3[C@@]13C[C@@]53[C@H]2C4(F)F. The molecule has 0 unspecified atom stereocenters. The van der Waals surface area contributed by atoms with Gasteiger partial charge in [0.2, 0.25) is 0 Å². The lowest BCUT2D eigenvalue weighted by molar-refractivity contribution is -0.444. The Balaban J connectivity index is 1.50. The van der Waals surface area contributed by atoms with E-state index in [-0.39, 0.29) is 40.7 Å². The second kappa shape index (κ2) is 1.60. The summed E-state index contributed by atoms with van der Waals surface area (Å²) in [4.78, 5) is 11.0. The van der Waals surface area contributed by atoms with Gasteiger partial charge in [-0.1, -0.05) is 0 Å². The minimum Gasteiger partial charge on any atom is -0.465 e. The lowest BCUT2D eigenvalue weighted by atomic mass is 9.14. The zero-order chi connectivity index (χ0) is 11.6. The van der Waals surface area contributed by atoms with Crippen molar-refractivity contribution >= 4 is 5.97 Å². The monoisotopic (exact) mass is 238 g/mol. The summed E-state index contributed by atoms with van der Waals surface area (Å²) in [7, 11) is 0. The first kappa shape index (κ1) is 8.44. The van der Waals surface area contributed by atoms with Crippen molar-refractivity contribution in [2.24, 2.45) is 45.8 Å². The van der Waals surface area contributed by atoms with Crippen molar-refractivity contribution in [3.8, 4) is 0 Å². The largest absolute Gasteiger partial charge is 0.465 e. The molecule has 7 rings (SSSR count). The van der Waals surface area contributed by atoms with Crippen LogP contribution in [0.4, 0.5) is 8.78 Å². The molecule has 4 heteroatoms. The standard InChI is InChI=1S/C13H12F2O2/c1-4(16)17-3-11-6-7-5-8(6)13(14,15)9(11)10(5)2-12(7,10)11/h5-9H,2-3H2,1H3/t5-,6-,7-,8+,9+,10-,11+,12+/m0/s1. The van der Waals surface area contributed by atoms with Crippen LogP contribution in [0.5, 0.6) is 0 Å². The lowest BCUT2D eigenvalue weighted by Gasteiger charge is -2.88. The quantitative estimate of drug-likeness (QED) is 0.684. The van der Waals surface area contributed by atoms with E-state index in [1.165, 1.54) is 6.92 Å². The van der Waals surface area contributed by atoms with Crippen LogP contribution in [0.15, 0.2) is 0 Å². The molecule has 7 saturated carbocycles. The molecule has 0 saturated heterocycles. The molecule has 90 valence electrons. The Labute approximate surface area is 96.7 Å². The van der Waals surface area contributed by atoms with Gasteiger partial charge in [-0.2, -0.15) is 0 Å². The number of alkyl halides is 2. The highest BCUT2D eigenvalue weighted by molar-refractivity contribution is 5.68. The van der Waals surface area contributed by atoms with Gasteiger partial charge in [-0.05, 0) is 35.0 Å². The number of esters is 1. The van der Waals surface area contributed by atoms with E-state index in [1.807, 2.05) is 0 Å². The van der Waals surface area contributed by atoms with Gasteiger partial charge in [0.1, 0.15) is 0 Å². The van der Waals surface area contributed by atoms with Crippen LogP contribution in [-0.4, -0.2) is 18.5 Å². The summed E-state index contributed by atoms with van der Waals surface area (Å²) in [5.41, 5.74) is -0.0289. The molecule has 2 bridgehead atoms. The minimum absolute atomic E-state index is 0.0285. The van der Waals surface area contributed by atoms with Gasteiger partial charge in [-0.25, -0.2) is 8.78 Å². The Morgan fingerprint density at radius 1 is 1.29 bits per heavy atom. The van der Waals surface area contributed by atoms with Gasteiger partial charge in [0, 0.05) is 24.2 Å². The molecule has 17 heavy (non-hydrogen) atoms. The smallest absolute Gasteiger partial charge is 0.302 e. The van der Waals surface area contributed by atoms with Crippen molar-refractivity contribution in [2.45, 2.75) is 19.3 Å². The zero-order valence-electron chi connectivity index (χ0n) is 9.37. The van der Waals surface area contributed by atoms with Crippen molar-refractivity contribution in [3.05, 3.63) is 0 Å². The van der Waals surface area contributed by atoms with Crippen LogP contribution in [-0.2, 0) is 9.53 Å². The molecular formula is C13H12F2O2. The predicted octanol–water partition coefficient (Wildman–Crippen LogP) is 1.70. The second-order valence-electron chi connectivity index (χ2n) is 7.22. The van der Waals surface area contributed by atoms with E-state index < -0.39 is 11.8 Å². The third-order valence-electron chi connectivity index (χ3n) is 7.79. The molecule has 0 amide bonds. The first-order valence-electron chi connectivity index (χ1n) is 6.49. The number of carbonyl (C=O) groups excluding carboxylic acids is 1. The van der Waals surface area contributed by atoms with Gasteiger partial charge in [0.15, 0.2) is 0 Å². The van der Waals surface area contributed by atoms with Crippen LogP contribution in [0.2, 0.25) is 0 Å². The third-order valence-corrected chi connectivity index (χ3v) is 7.79. The molecular weight excluding hydrogens is 226 g/mol. The molecule has 7 fully saturated rings. The van der Waals surface area contributed by atoms with Gasteiger partial charge >= 0.3 is 5.97 Å². The van der Waals surface area contributed by atoms with E-state index in [2.05, 4.69) is 0 Å². The Kier molecular flexibility index (Phi) is 0.795. The summed E-state index contributed by atoms with van der Waals surface area (Å²) in [5.74, 6) is -2.43. The normalized spacial score (nSPS) is 75.6. The number of halogens is 2. The molecule has 0 aromatic heterocycles. The van der Waals surface area contributed by atoms with Crippen LogP contribution in [0, 0.1) is 45.8 Å². The Morgan fingerprint density at radius 3 is 2.76 bits per heavy atom. The Bertz CT molecular complexity index is 544. The lowest BCUT2D eigenvalue weighted by Crippen LogP contribution is -2.88. The van der Waals surface area contributed by atoms with E-state index in [4.69, 9.17) is 4.74 Å². The van der Waals surface area contributed by atoms with Crippen molar-refractivity contribution < 1.29 is 18.3 Å². The van der Waals surface area contributed by atoms with E-state index in [0.29, 0.717) is 11.8 Å². The highest BCUT2D eigenvalue weighted by atomic mass is 19.3. The van der Waals surface area contributed by atoms with Crippen molar-refractivity contribution in [2.75, 3.05) is 6.61 Å². The highest BCUT2D eigenvalue weighted by Crippen LogP contribution is 3.20. The molecule has 0 heterocycles. The summed E-state index contributed by atoms with van der Waals surface area (Å²) in [6.07, 6.45) is 1.02. The Morgan fingerprint density at radius 2 is 2.06 bits per heavy atom. The number of rotatable bonds is 2. The summed E-state index contributed by atoms with van der Waals surface area (Å²) < 4.78 is 33.7. The predicted molar refractivity (Wildman–Crippen MR) is 50.9 cm³/mol. The molecule has 0 N–H and O–H groups in total. The number of ether oxygens (including phenoxy) is 1. The first-order valence-corrected chi connectivity index (χ1v) is 6.49. The topological polar surface area (TPSA) is 26.3 Å². The van der Waals surface area contributed by atoms with Gasteiger partial charge < -0.3 is 4.74 Å². The molecule has 8 atom stereocenters. The average Bonchev–Trinajstić information content (AvgIpc) is 2.71. The first-order chi connectivity index (χ1) is 7.98. The van der Waals surface area contributed by atoms with E-state index in [1.54, 1.807) is 0 Å². The molecule has 0 aliphatic heterocycles. The van der Waals surface area contributed by atoms with Gasteiger partial charge in [-0.3, -0.25) is 4.79 Å². The molecule has 2 nitrogen and oxygen atoms in total. The Hall–Kier alpha value is -0.670. The zero-order valence-corrected chi connectivity index (χ0v) is 9.37. The molecule has 2 spiro atoms. The minimum atomic E-state index is -2.46. The van der Waals surface area contributed by atoms with Crippen molar-refractivity contribution in [1.29, 1.82) is 0 Å². The van der Waals surface area contributed by atoms with Gasteiger partial charge in [0.05, 0.1) is 6.61 Å². The fourth-order valence-electron chi connectivity index (χ4n) is 8.19. The summed E-state index contributed by atoms with van der Waals surface area (Å²) in [5, 5.41) is 0. The fraction of sp³-hybridized carbons (Fsp3) is 0.923. The van der Waals surface area contributed by atoms with Crippen LogP contribution in [0.3, 0.4) is 0 Å². The van der Waals surface area contributed by atoms with Crippen LogP contribution < -0.4 is 0 Å².